The molecular weight excluding hydrogens is 530 g/mol. The average molecular weight is 574 g/mol. The lowest BCUT2D eigenvalue weighted by Crippen LogP contribution is -2.51. The van der Waals surface area contributed by atoms with Crippen LogP contribution in [0.3, 0.4) is 0 Å². The predicted molar refractivity (Wildman–Crippen MR) is 167 cm³/mol. The molecule has 0 aliphatic rings. The predicted octanol–water partition coefficient (Wildman–Crippen LogP) is 7.69. The summed E-state index contributed by atoms with van der Waals surface area (Å²) in [4.78, 5) is 38.8. The zero-order valence-corrected chi connectivity index (χ0v) is 26.5. The Morgan fingerprint density at radius 2 is 1.51 bits per heavy atom. The number of aldehydes is 1. The number of esters is 1. The van der Waals surface area contributed by atoms with Gasteiger partial charge >= 0.3 is 5.97 Å². The van der Waals surface area contributed by atoms with Crippen molar-refractivity contribution >= 4 is 26.5 Å². The molecule has 1 atom stereocenters. The lowest BCUT2D eigenvalue weighted by Gasteiger charge is -2.39. The molecule has 0 aromatic heterocycles. The molecule has 41 heavy (non-hydrogen) atoms. The molecule has 1 N–H and O–H groups in total. The van der Waals surface area contributed by atoms with E-state index in [1.165, 1.54) is 0 Å². The minimum atomic E-state index is -2.03. The second-order valence-electron chi connectivity index (χ2n) is 13.0. The maximum Gasteiger partial charge on any atom is 0.339 e. The molecule has 0 bridgehead atoms. The van der Waals surface area contributed by atoms with Crippen LogP contribution in [-0.2, 0) is 15.8 Å². The van der Waals surface area contributed by atoms with E-state index in [-0.39, 0.29) is 34.6 Å². The second-order valence-corrected chi connectivity index (χ2v) is 17.8. The quantitative estimate of drug-likeness (QED) is 0.153. The Hall–Kier alpha value is -3.55. The molecule has 0 spiro atoms. The number of nitrogens with one attached hydrogen (secondary N) is 1. The molecule has 3 aromatic rings. The van der Waals surface area contributed by atoms with Gasteiger partial charge in [0.05, 0.1) is 18.2 Å². The number of rotatable bonds is 10. The van der Waals surface area contributed by atoms with Gasteiger partial charge in [-0.05, 0) is 52.4 Å². The van der Waals surface area contributed by atoms with Gasteiger partial charge in [-0.15, -0.1) is 0 Å². The number of amides is 1. The Labute approximate surface area is 245 Å². The standard InChI is InChI=1S/C34H43NO5Si/c1-33(2,3)30(23-40-41(7,8)34(4,5)6)35-31(37)25-18-19-28(27-17-13-12-16-26(27)21-36)29(20-25)32(38)39-22-24-14-10-9-11-15-24/h9-21,30H,22-23H2,1-8H3,(H,35,37)/t30-/m0/s1. The van der Waals surface area contributed by atoms with Gasteiger partial charge < -0.3 is 14.5 Å². The van der Waals surface area contributed by atoms with Crippen molar-refractivity contribution < 1.29 is 23.5 Å². The first-order chi connectivity index (χ1) is 19.1. The summed E-state index contributed by atoms with van der Waals surface area (Å²) < 4.78 is 12.1. The highest BCUT2D eigenvalue weighted by molar-refractivity contribution is 6.74. The van der Waals surface area contributed by atoms with E-state index < -0.39 is 14.3 Å². The van der Waals surface area contributed by atoms with Crippen LogP contribution in [-0.4, -0.2) is 39.1 Å². The first-order valence-electron chi connectivity index (χ1n) is 14.0. The van der Waals surface area contributed by atoms with E-state index in [1.54, 1.807) is 42.5 Å². The van der Waals surface area contributed by atoms with E-state index in [4.69, 9.17) is 9.16 Å². The van der Waals surface area contributed by atoms with Crippen molar-refractivity contribution in [2.45, 2.75) is 72.3 Å². The van der Waals surface area contributed by atoms with Crippen LogP contribution in [0.25, 0.3) is 11.1 Å². The molecular formula is C34H43NO5Si. The van der Waals surface area contributed by atoms with Crippen LogP contribution >= 0.6 is 0 Å². The Kier molecular flexibility index (Phi) is 10.1. The zero-order chi connectivity index (χ0) is 30.4. The van der Waals surface area contributed by atoms with Gasteiger partial charge in [-0.25, -0.2) is 4.79 Å². The number of carbonyl (C=O) groups excluding carboxylic acids is 3. The summed E-state index contributed by atoms with van der Waals surface area (Å²) in [6.07, 6.45) is 0.755. The van der Waals surface area contributed by atoms with E-state index in [1.807, 2.05) is 30.3 Å². The number of benzene rings is 3. The maximum atomic E-state index is 13.6. The molecule has 0 saturated carbocycles. The Morgan fingerprint density at radius 1 is 0.878 bits per heavy atom. The second kappa shape index (κ2) is 13.0. The zero-order valence-electron chi connectivity index (χ0n) is 25.5. The highest BCUT2D eigenvalue weighted by atomic mass is 28.4. The molecule has 7 heteroatoms. The third-order valence-electron chi connectivity index (χ3n) is 7.86. The summed E-state index contributed by atoms with van der Waals surface area (Å²) in [6, 6.07) is 21.1. The smallest absolute Gasteiger partial charge is 0.339 e. The fraction of sp³-hybridized carbons (Fsp3) is 0.382. The highest BCUT2D eigenvalue weighted by Crippen LogP contribution is 2.37. The topological polar surface area (TPSA) is 81.7 Å². The Morgan fingerprint density at radius 3 is 2.12 bits per heavy atom. The van der Waals surface area contributed by atoms with E-state index >= 15 is 0 Å². The summed E-state index contributed by atoms with van der Waals surface area (Å²) in [7, 11) is -2.03. The molecule has 0 unspecified atom stereocenters. The van der Waals surface area contributed by atoms with E-state index in [9.17, 15) is 14.4 Å². The summed E-state index contributed by atoms with van der Waals surface area (Å²) in [5.41, 5.74) is 2.68. The van der Waals surface area contributed by atoms with Gasteiger partial charge in [0.1, 0.15) is 6.61 Å². The number of carbonyl (C=O) groups is 3. The van der Waals surface area contributed by atoms with E-state index in [0.29, 0.717) is 28.9 Å². The van der Waals surface area contributed by atoms with Crippen molar-refractivity contribution in [3.8, 4) is 11.1 Å². The SMILES string of the molecule is CC(C)(C)[C@H](CO[Si](C)(C)C(C)(C)C)NC(=O)c1ccc(-c2ccccc2C=O)c(C(=O)OCc2ccccc2)c1. The lowest BCUT2D eigenvalue weighted by molar-refractivity contribution is 0.0473. The minimum Gasteiger partial charge on any atom is -0.457 e. The minimum absolute atomic E-state index is 0.0437. The maximum absolute atomic E-state index is 13.6. The largest absolute Gasteiger partial charge is 0.457 e. The van der Waals surface area contributed by atoms with Crippen molar-refractivity contribution in [1.29, 1.82) is 0 Å². The summed E-state index contributed by atoms with van der Waals surface area (Å²) >= 11 is 0. The van der Waals surface area contributed by atoms with Crippen LogP contribution in [0.1, 0.15) is 78.2 Å². The van der Waals surface area contributed by atoms with Crippen molar-refractivity contribution in [2.75, 3.05) is 6.61 Å². The van der Waals surface area contributed by atoms with Gasteiger partial charge in [0.25, 0.3) is 5.91 Å². The van der Waals surface area contributed by atoms with Crippen molar-refractivity contribution in [3.63, 3.8) is 0 Å². The van der Waals surface area contributed by atoms with Crippen LogP contribution in [0, 0.1) is 5.41 Å². The summed E-state index contributed by atoms with van der Waals surface area (Å²) in [5, 5.41) is 3.20. The number of hydrogen-bond acceptors (Lipinski definition) is 5. The molecule has 0 aliphatic heterocycles. The molecule has 6 nitrogen and oxygen atoms in total. The third kappa shape index (κ3) is 8.24. The van der Waals surface area contributed by atoms with Crippen LogP contribution in [0.2, 0.25) is 18.1 Å². The molecule has 3 aromatic carbocycles. The van der Waals surface area contributed by atoms with E-state index in [2.05, 4.69) is 60.0 Å². The first-order valence-corrected chi connectivity index (χ1v) is 16.9. The van der Waals surface area contributed by atoms with Gasteiger partial charge in [-0.3, -0.25) is 9.59 Å². The van der Waals surface area contributed by atoms with Crippen LogP contribution in [0.4, 0.5) is 0 Å². The lowest BCUT2D eigenvalue weighted by atomic mass is 9.87. The van der Waals surface area contributed by atoms with Gasteiger partial charge in [0.15, 0.2) is 14.6 Å². The van der Waals surface area contributed by atoms with Crippen molar-refractivity contribution in [2.24, 2.45) is 5.41 Å². The molecule has 0 aliphatic carbocycles. The molecule has 0 saturated heterocycles. The molecule has 3 rings (SSSR count). The van der Waals surface area contributed by atoms with Gasteiger partial charge in [-0.2, -0.15) is 0 Å². The molecule has 1 amide bonds. The normalized spacial score (nSPS) is 12.9. The van der Waals surface area contributed by atoms with Crippen LogP contribution in [0.5, 0.6) is 0 Å². The average Bonchev–Trinajstić information content (AvgIpc) is 2.92. The monoisotopic (exact) mass is 573 g/mol. The first kappa shape index (κ1) is 32.0. The summed E-state index contributed by atoms with van der Waals surface area (Å²) in [5.74, 6) is -0.885. The Balaban J connectivity index is 1.94. The number of ether oxygens (including phenoxy) is 1. The molecule has 218 valence electrons. The van der Waals surface area contributed by atoms with Crippen LogP contribution in [0.15, 0.2) is 72.8 Å². The summed E-state index contributed by atoms with van der Waals surface area (Å²) in [6.45, 7) is 17.6. The van der Waals surface area contributed by atoms with Crippen molar-refractivity contribution in [3.05, 3.63) is 95.1 Å². The highest BCUT2D eigenvalue weighted by Gasteiger charge is 2.39. The fourth-order valence-electron chi connectivity index (χ4n) is 3.99. The Bertz CT molecular complexity index is 1370. The number of hydrogen-bond donors (Lipinski definition) is 1. The van der Waals surface area contributed by atoms with Gasteiger partial charge in [0.2, 0.25) is 0 Å². The molecule has 0 fully saturated rings. The molecule has 0 radical (unpaired) electrons. The fourth-order valence-corrected chi connectivity index (χ4v) is 5.01. The molecule has 0 heterocycles. The van der Waals surface area contributed by atoms with Gasteiger partial charge in [-0.1, -0.05) is 102 Å². The van der Waals surface area contributed by atoms with Crippen LogP contribution < -0.4 is 5.32 Å². The third-order valence-corrected chi connectivity index (χ3v) is 12.4. The van der Waals surface area contributed by atoms with E-state index in [0.717, 1.165) is 11.8 Å². The van der Waals surface area contributed by atoms with Crippen molar-refractivity contribution in [1.82, 2.24) is 5.32 Å². The van der Waals surface area contributed by atoms with Gasteiger partial charge in [0, 0.05) is 11.1 Å².